The van der Waals surface area contributed by atoms with E-state index in [2.05, 4.69) is 27.1 Å². The van der Waals surface area contributed by atoms with Crippen molar-refractivity contribution in [2.24, 2.45) is 17.3 Å². The normalized spacial score (nSPS) is 28.8. The summed E-state index contributed by atoms with van der Waals surface area (Å²) in [5, 5.41) is 19.8. The van der Waals surface area contributed by atoms with Gasteiger partial charge in [-0.3, -0.25) is 0 Å². The summed E-state index contributed by atoms with van der Waals surface area (Å²) >= 11 is 6.08. The summed E-state index contributed by atoms with van der Waals surface area (Å²) in [5.74, 6) is 0.352. The molecule has 3 atom stereocenters. The molecule has 2 bridgehead atoms. The van der Waals surface area contributed by atoms with Crippen LogP contribution in [-0.2, 0) is 0 Å². The molecule has 4 N–H and O–H groups in total. The van der Waals surface area contributed by atoms with Crippen molar-refractivity contribution in [3.05, 3.63) is 23.6 Å². The molecule has 7 nitrogen and oxygen atoms in total. The maximum atomic E-state index is 9.77. The minimum absolute atomic E-state index is 0.0277. The Morgan fingerprint density at radius 3 is 2.77 bits per heavy atom. The second kappa shape index (κ2) is 4.65. The number of rotatable bonds is 3. The monoisotopic (exact) mass is 321 g/mol. The highest BCUT2D eigenvalue weighted by molar-refractivity contribution is 6.33. The zero-order chi connectivity index (χ0) is 15.5. The van der Waals surface area contributed by atoms with E-state index in [0.717, 1.165) is 6.42 Å². The van der Waals surface area contributed by atoms with Crippen molar-refractivity contribution in [2.45, 2.75) is 12.5 Å². The number of hydrogen-bond acceptors (Lipinski definition) is 6. The number of aliphatic hydroxyl groups excluding tert-OH is 2. The number of aromatic nitrogens is 4. The van der Waals surface area contributed by atoms with Crippen LogP contribution in [0.25, 0.3) is 11.2 Å². The molecule has 8 heteroatoms. The predicted molar refractivity (Wildman–Crippen MR) is 81.1 cm³/mol. The molecule has 2 aromatic heterocycles. The van der Waals surface area contributed by atoms with Crippen molar-refractivity contribution in [3.8, 4) is 0 Å². The van der Waals surface area contributed by atoms with Gasteiger partial charge in [0.25, 0.3) is 0 Å². The zero-order valence-corrected chi connectivity index (χ0v) is 12.5. The van der Waals surface area contributed by atoms with Crippen LogP contribution in [-0.4, -0.2) is 42.9 Å². The van der Waals surface area contributed by atoms with Crippen LogP contribution in [0.15, 0.2) is 18.5 Å². The number of hydrogen-bond donors (Lipinski definition) is 3. The lowest BCUT2D eigenvalue weighted by atomic mass is 9.77. The van der Waals surface area contributed by atoms with E-state index in [-0.39, 0.29) is 42.2 Å². The van der Waals surface area contributed by atoms with Crippen molar-refractivity contribution < 1.29 is 10.2 Å². The molecule has 4 rings (SSSR count). The molecule has 2 aliphatic carbocycles. The topological polar surface area (TPSA) is 110 Å². The minimum atomic E-state index is -0.497. The minimum Gasteiger partial charge on any atom is -0.396 e. The average Bonchev–Trinajstić information content (AvgIpc) is 3.17. The predicted octanol–water partition coefficient (Wildman–Crippen LogP) is 0.780. The highest BCUT2D eigenvalue weighted by Crippen LogP contribution is 2.58. The van der Waals surface area contributed by atoms with Gasteiger partial charge in [0, 0.05) is 17.4 Å². The van der Waals surface area contributed by atoms with Gasteiger partial charge in [-0.05, 0) is 12.3 Å². The van der Waals surface area contributed by atoms with Crippen LogP contribution in [0.3, 0.4) is 0 Å². The van der Waals surface area contributed by atoms with Crippen LogP contribution in [0.4, 0.5) is 5.95 Å². The maximum absolute atomic E-state index is 9.77. The first-order chi connectivity index (χ1) is 10.6. The first-order valence-electron chi connectivity index (χ1n) is 7.15. The van der Waals surface area contributed by atoms with Crippen LogP contribution in [0, 0.1) is 17.3 Å². The van der Waals surface area contributed by atoms with E-state index in [1.54, 1.807) is 6.33 Å². The largest absolute Gasteiger partial charge is 0.396 e. The summed E-state index contributed by atoms with van der Waals surface area (Å²) in [6.45, 7) is -0.0912. The van der Waals surface area contributed by atoms with Gasteiger partial charge in [-0.25, -0.2) is 4.98 Å². The Morgan fingerprint density at radius 2 is 2.09 bits per heavy atom. The highest BCUT2D eigenvalue weighted by Gasteiger charge is 2.55. The summed E-state index contributed by atoms with van der Waals surface area (Å²) < 4.78 is 1.95. The average molecular weight is 322 g/mol. The molecule has 2 aliphatic rings. The summed E-state index contributed by atoms with van der Waals surface area (Å²) in [6.07, 6.45) is 6.63. The number of allylic oxidation sites excluding steroid dienone is 2. The first kappa shape index (κ1) is 13.9. The molecule has 0 amide bonds. The molecule has 0 saturated heterocycles. The fourth-order valence-electron chi connectivity index (χ4n) is 4.00. The smallest absolute Gasteiger partial charge is 0.223 e. The number of halogens is 1. The molecule has 1 saturated carbocycles. The lowest BCUT2D eigenvalue weighted by Crippen LogP contribution is -2.35. The van der Waals surface area contributed by atoms with Crippen LogP contribution in [0.2, 0.25) is 5.15 Å². The Labute approximate surface area is 131 Å². The number of fused-ring (bicyclic) bond motifs is 3. The molecule has 116 valence electrons. The number of anilines is 1. The SMILES string of the molecule is Nc1nc(Cl)c2ncn([C@@H]3[C@H]4C=C[C@@H]3C(CO)(CO)C4)c2n1. The van der Waals surface area contributed by atoms with Crippen molar-refractivity contribution in [1.29, 1.82) is 0 Å². The zero-order valence-electron chi connectivity index (χ0n) is 11.7. The van der Waals surface area contributed by atoms with E-state index in [1.165, 1.54) is 0 Å². The van der Waals surface area contributed by atoms with E-state index < -0.39 is 5.41 Å². The molecular formula is C14H16ClN5O2. The van der Waals surface area contributed by atoms with Crippen LogP contribution < -0.4 is 5.73 Å². The third kappa shape index (κ3) is 1.67. The fourth-order valence-corrected chi connectivity index (χ4v) is 4.22. The van der Waals surface area contributed by atoms with Gasteiger partial charge < -0.3 is 20.5 Å². The van der Waals surface area contributed by atoms with Crippen LogP contribution >= 0.6 is 11.6 Å². The van der Waals surface area contributed by atoms with E-state index in [9.17, 15) is 10.2 Å². The molecule has 0 aliphatic heterocycles. The van der Waals surface area contributed by atoms with E-state index in [0.29, 0.717) is 11.2 Å². The van der Waals surface area contributed by atoms with Crippen LogP contribution in [0.1, 0.15) is 12.5 Å². The van der Waals surface area contributed by atoms with Gasteiger partial charge in [-0.15, -0.1) is 0 Å². The van der Waals surface area contributed by atoms with Crippen LogP contribution in [0.5, 0.6) is 0 Å². The van der Waals surface area contributed by atoms with E-state index >= 15 is 0 Å². The second-order valence-electron chi connectivity index (χ2n) is 6.14. The van der Waals surface area contributed by atoms with Gasteiger partial charge in [0.2, 0.25) is 5.95 Å². The number of nitrogens with two attached hydrogens (primary N) is 1. The molecule has 1 fully saturated rings. The molecule has 0 aromatic carbocycles. The van der Waals surface area contributed by atoms with Crippen molar-refractivity contribution in [1.82, 2.24) is 19.5 Å². The van der Waals surface area contributed by atoms with Crippen molar-refractivity contribution >= 4 is 28.7 Å². The second-order valence-corrected chi connectivity index (χ2v) is 6.50. The van der Waals surface area contributed by atoms with Gasteiger partial charge in [-0.1, -0.05) is 23.8 Å². The van der Waals surface area contributed by atoms with Gasteiger partial charge >= 0.3 is 0 Å². The molecule has 2 heterocycles. The molecule has 0 spiro atoms. The lowest BCUT2D eigenvalue weighted by Gasteiger charge is -2.32. The molecule has 2 aromatic rings. The summed E-state index contributed by atoms with van der Waals surface area (Å²) in [4.78, 5) is 12.5. The van der Waals surface area contributed by atoms with Gasteiger partial charge in [0.05, 0.1) is 19.5 Å². The summed E-state index contributed by atoms with van der Waals surface area (Å²) in [6, 6.07) is 0.0506. The maximum Gasteiger partial charge on any atom is 0.223 e. The van der Waals surface area contributed by atoms with Crippen molar-refractivity contribution in [3.63, 3.8) is 0 Å². The van der Waals surface area contributed by atoms with Gasteiger partial charge in [0.15, 0.2) is 10.8 Å². The Hall–Kier alpha value is -1.70. The lowest BCUT2D eigenvalue weighted by molar-refractivity contribution is 0.0290. The quantitative estimate of drug-likeness (QED) is 0.569. The first-order valence-corrected chi connectivity index (χ1v) is 7.53. The molecule has 22 heavy (non-hydrogen) atoms. The van der Waals surface area contributed by atoms with Crippen molar-refractivity contribution in [2.75, 3.05) is 18.9 Å². The highest BCUT2D eigenvalue weighted by atomic mass is 35.5. The van der Waals surface area contributed by atoms with Gasteiger partial charge in [-0.2, -0.15) is 9.97 Å². The molecular weight excluding hydrogens is 306 g/mol. The Balaban J connectivity index is 1.84. The number of aliphatic hydroxyl groups is 2. The number of nitrogens with zero attached hydrogens (tertiary/aromatic N) is 4. The summed E-state index contributed by atoms with van der Waals surface area (Å²) in [5.41, 5.74) is 6.31. The molecule has 0 radical (unpaired) electrons. The standard InChI is InChI=1S/C14H16ClN5O2/c15-11-9-12(19-13(16)18-11)20(6-17-9)10-7-1-2-8(10)14(3-7,4-21)5-22/h1-2,6-8,10,21-22H,3-5H2,(H2,16,18,19)/t7-,8-,10+/m0/s1. The molecule has 0 unspecified atom stereocenters. The number of imidazole rings is 1. The third-order valence-corrected chi connectivity index (χ3v) is 5.33. The third-order valence-electron chi connectivity index (χ3n) is 5.07. The Bertz CT molecular complexity index is 770. The van der Waals surface area contributed by atoms with E-state index in [4.69, 9.17) is 17.3 Å². The fraction of sp³-hybridized carbons (Fsp3) is 0.500. The van der Waals surface area contributed by atoms with Gasteiger partial charge in [0.1, 0.15) is 5.52 Å². The Morgan fingerprint density at radius 1 is 1.32 bits per heavy atom. The summed E-state index contributed by atoms with van der Waals surface area (Å²) in [7, 11) is 0. The number of nitrogen functional groups attached to an aromatic ring is 1. The van der Waals surface area contributed by atoms with E-state index in [1.807, 2.05) is 4.57 Å². The Kier molecular flexibility index (Phi) is 2.94.